The highest BCUT2D eigenvalue weighted by atomic mass is 35.5. The normalized spacial score (nSPS) is 18.4. The first-order valence-electron chi connectivity index (χ1n) is 4.24. The van der Waals surface area contributed by atoms with Gasteiger partial charge in [-0.25, -0.2) is 4.98 Å². The SMILES string of the molecule is Cc1nc(Cl)nc(NC2(C)CC2)n1. The van der Waals surface area contributed by atoms with Gasteiger partial charge in [0.2, 0.25) is 11.2 Å². The highest BCUT2D eigenvalue weighted by Crippen LogP contribution is 2.37. The maximum atomic E-state index is 5.70. The molecule has 4 nitrogen and oxygen atoms in total. The second-order valence-electron chi connectivity index (χ2n) is 3.66. The minimum atomic E-state index is 0.178. The van der Waals surface area contributed by atoms with Gasteiger partial charge in [0.1, 0.15) is 5.82 Å². The van der Waals surface area contributed by atoms with Crippen LogP contribution in [0.5, 0.6) is 0 Å². The van der Waals surface area contributed by atoms with E-state index >= 15 is 0 Å². The molecular formula is C8H11ClN4. The Morgan fingerprint density at radius 3 is 2.54 bits per heavy atom. The van der Waals surface area contributed by atoms with Gasteiger partial charge in [0, 0.05) is 5.54 Å². The predicted molar refractivity (Wildman–Crippen MR) is 50.8 cm³/mol. The van der Waals surface area contributed by atoms with E-state index in [1.165, 1.54) is 0 Å². The molecule has 5 heteroatoms. The third-order valence-corrected chi connectivity index (χ3v) is 2.30. The summed E-state index contributed by atoms with van der Waals surface area (Å²) in [4.78, 5) is 12.0. The second kappa shape index (κ2) is 2.80. The zero-order chi connectivity index (χ0) is 9.47. The number of nitrogens with zero attached hydrogens (tertiary/aromatic N) is 3. The average Bonchev–Trinajstić information content (AvgIpc) is 2.64. The molecule has 70 valence electrons. The first-order chi connectivity index (χ1) is 6.07. The summed E-state index contributed by atoms with van der Waals surface area (Å²) in [5, 5.41) is 3.48. The van der Waals surface area contributed by atoms with E-state index in [9.17, 15) is 0 Å². The van der Waals surface area contributed by atoms with Crippen molar-refractivity contribution in [2.24, 2.45) is 0 Å². The quantitative estimate of drug-likeness (QED) is 0.788. The van der Waals surface area contributed by atoms with E-state index in [-0.39, 0.29) is 10.8 Å². The van der Waals surface area contributed by atoms with Gasteiger partial charge >= 0.3 is 0 Å². The molecule has 0 amide bonds. The summed E-state index contributed by atoms with van der Waals surface area (Å²) >= 11 is 5.70. The Morgan fingerprint density at radius 2 is 2.00 bits per heavy atom. The van der Waals surface area contributed by atoms with Crippen LogP contribution in [0.4, 0.5) is 5.95 Å². The topological polar surface area (TPSA) is 50.7 Å². The van der Waals surface area contributed by atoms with Crippen LogP contribution in [0.1, 0.15) is 25.6 Å². The van der Waals surface area contributed by atoms with Crippen molar-refractivity contribution in [3.8, 4) is 0 Å². The Hall–Kier alpha value is -0.900. The summed E-state index contributed by atoms with van der Waals surface area (Å²) in [6.07, 6.45) is 2.32. The van der Waals surface area contributed by atoms with Gasteiger partial charge in [0.05, 0.1) is 0 Å². The van der Waals surface area contributed by atoms with Crippen LogP contribution in [0.25, 0.3) is 0 Å². The predicted octanol–water partition coefficient (Wildman–Crippen LogP) is 1.80. The van der Waals surface area contributed by atoms with Gasteiger partial charge in [-0.15, -0.1) is 0 Å². The third-order valence-electron chi connectivity index (χ3n) is 2.13. The Bertz CT molecular complexity index is 315. The molecule has 0 aromatic carbocycles. The zero-order valence-electron chi connectivity index (χ0n) is 7.63. The van der Waals surface area contributed by atoms with E-state index in [0.717, 1.165) is 12.8 Å². The van der Waals surface area contributed by atoms with E-state index in [1.54, 1.807) is 6.92 Å². The van der Waals surface area contributed by atoms with Gasteiger partial charge in [-0.1, -0.05) is 0 Å². The molecule has 1 fully saturated rings. The van der Waals surface area contributed by atoms with Crippen LogP contribution in [0.2, 0.25) is 5.28 Å². The molecule has 0 spiro atoms. The standard InChI is InChI=1S/C8H11ClN4/c1-5-10-6(9)12-7(11-5)13-8(2)3-4-8/h3-4H2,1-2H3,(H,10,11,12,13). The number of aryl methyl sites for hydroxylation is 1. The van der Waals surface area contributed by atoms with Gasteiger partial charge in [0.15, 0.2) is 0 Å². The molecule has 13 heavy (non-hydrogen) atoms. The van der Waals surface area contributed by atoms with Crippen LogP contribution >= 0.6 is 11.6 Å². The lowest BCUT2D eigenvalue weighted by Crippen LogP contribution is -2.18. The molecule has 1 aliphatic rings. The Morgan fingerprint density at radius 1 is 1.31 bits per heavy atom. The smallest absolute Gasteiger partial charge is 0.227 e. The third kappa shape index (κ3) is 2.06. The maximum absolute atomic E-state index is 5.70. The first-order valence-corrected chi connectivity index (χ1v) is 4.62. The fourth-order valence-electron chi connectivity index (χ4n) is 1.09. The van der Waals surface area contributed by atoms with Crippen LogP contribution in [0.3, 0.4) is 0 Å². The van der Waals surface area contributed by atoms with Crippen molar-refractivity contribution in [3.05, 3.63) is 11.1 Å². The molecule has 0 unspecified atom stereocenters. The number of aromatic nitrogens is 3. The summed E-state index contributed by atoms with van der Waals surface area (Å²) in [5.74, 6) is 1.23. The number of hydrogen-bond acceptors (Lipinski definition) is 4. The minimum Gasteiger partial charge on any atom is -0.349 e. The Labute approximate surface area is 81.8 Å². The van der Waals surface area contributed by atoms with Gasteiger partial charge in [-0.2, -0.15) is 9.97 Å². The highest BCUT2D eigenvalue weighted by molar-refractivity contribution is 6.28. The molecule has 1 aromatic rings. The fraction of sp³-hybridized carbons (Fsp3) is 0.625. The average molecular weight is 199 g/mol. The monoisotopic (exact) mass is 198 g/mol. The van der Waals surface area contributed by atoms with Crippen LogP contribution < -0.4 is 5.32 Å². The maximum Gasteiger partial charge on any atom is 0.227 e. The Kier molecular flexibility index (Phi) is 1.87. The van der Waals surface area contributed by atoms with Crippen molar-refractivity contribution in [2.45, 2.75) is 32.2 Å². The summed E-state index contributed by atoms with van der Waals surface area (Å²) < 4.78 is 0. The molecule has 1 heterocycles. The van der Waals surface area contributed by atoms with E-state index in [1.807, 2.05) is 0 Å². The summed E-state index contributed by atoms with van der Waals surface area (Å²) in [7, 11) is 0. The van der Waals surface area contributed by atoms with Crippen molar-refractivity contribution in [1.29, 1.82) is 0 Å². The van der Waals surface area contributed by atoms with E-state index in [2.05, 4.69) is 27.2 Å². The molecule has 0 aliphatic heterocycles. The Balaban J connectivity index is 2.20. The molecule has 1 N–H and O–H groups in total. The van der Waals surface area contributed by atoms with Gasteiger partial charge in [0.25, 0.3) is 0 Å². The molecule has 0 atom stereocenters. The minimum absolute atomic E-state index is 0.178. The lowest BCUT2D eigenvalue weighted by atomic mass is 10.3. The summed E-state index contributed by atoms with van der Waals surface area (Å²) in [6, 6.07) is 0. The van der Waals surface area contributed by atoms with E-state index < -0.39 is 0 Å². The first kappa shape index (κ1) is 8.69. The van der Waals surface area contributed by atoms with Crippen molar-refractivity contribution in [1.82, 2.24) is 15.0 Å². The van der Waals surface area contributed by atoms with Crippen molar-refractivity contribution in [3.63, 3.8) is 0 Å². The second-order valence-corrected chi connectivity index (χ2v) is 4.00. The molecule has 1 aromatic heterocycles. The highest BCUT2D eigenvalue weighted by Gasteiger charge is 2.37. The number of anilines is 1. The summed E-state index contributed by atoms with van der Waals surface area (Å²) in [5.41, 5.74) is 0.178. The molecule has 1 aliphatic carbocycles. The van der Waals surface area contributed by atoms with Crippen LogP contribution in [0.15, 0.2) is 0 Å². The van der Waals surface area contributed by atoms with E-state index in [4.69, 9.17) is 11.6 Å². The number of halogens is 1. The lowest BCUT2D eigenvalue weighted by molar-refractivity contribution is 0.800. The molecule has 2 rings (SSSR count). The summed E-state index contributed by atoms with van der Waals surface area (Å²) in [6.45, 7) is 3.94. The van der Waals surface area contributed by atoms with Crippen LogP contribution in [-0.2, 0) is 0 Å². The lowest BCUT2D eigenvalue weighted by Gasteiger charge is -2.10. The van der Waals surface area contributed by atoms with E-state index in [0.29, 0.717) is 11.8 Å². The van der Waals surface area contributed by atoms with Gasteiger partial charge in [-0.05, 0) is 38.3 Å². The molecule has 1 saturated carbocycles. The van der Waals surface area contributed by atoms with Gasteiger partial charge in [-0.3, -0.25) is 0 Å². The molecule has 0 bridgehead atoms. The van der Waals surface area contributed by atoms with Gasteiger partial charge < -0.3 is 5.32 Å². The molecule has 0 radical (unpaired) electrons. The molecular weight excluding hydrogens is 188 g/mol. The number of nitrogens with one attached hydrogen (secondary N) is 1. The van der Waals surface area contributed by atoms with Crippen molar-refractivity contribution in [2.75, 3.05) is 5.32 Å². The fourth-order valence-corrected chi connectivity index (χ4v) is 1.29. The molecule has 0 saturated heterocycles. The number of hydrogen-bond donors (Lipinski definition) is 1. The van der Waals surface area contributed by atoms with Crippen molar-refractivity contribution >= 4 is 17.5 Å². The van der Waals surface area contributed by atoms with Crippen LogP contribution in [0, 0.1) is 6.92 Å². The number of rotatable bonds is 2. The van der Waals surface area contributed by atoms with Crippen molar-refractivity contribution < 1.29 is 0 Å². The van der Waals surface area contributed by atoms with Crippen LogP contribution in [-0.4, -0.2) is 20.5 Å². The largest absolute Gasteiger partial charge is 0.349 e. The zero-order valence-corrected chi connectivity index (χ0v) is 8.39.